The molecular formula is C15H14FN3O2. The second-order valence-corrected chi connectivity index (χ2v) is 4.47. The van der Waals surface area contributed by atoms with Gasteiger partial charge in [-0.25, -0.2) is 19.2 Å². The molecule has 108 valence electrons. The highest BCUT2D eigenvalue weighted by Gasteiger charge is 2.05. The number of carbonyl (C=O) groups is 1. The third-order valence-electron chi connectivity index (χ3n) is 2.73. The maximum atomic E-state index is 13.1. The molecule has 0 saturated heterocycles. The Bertz CT molecular complexity index is 656. The molecule has 5 nitrogen and oxygen atoms in total. The van der Waals surface area contributed by atoms with Crippen LogP contribution in [0.2, 0.25) is 0 Å². The fourth-order valence-electron chi connectivity index (χ4n) is 1.76. The van der Waals surface area contributed by atoms with Crippen LogP contribution in [0, 0.1) is 5.82 Å². The SMILES string of the molecule is CN(Cc1cccc(F)c1)c1ncc(/C=C/C(=O)O)cn1. The summed E-state index contributed by atoms with van der Waals surface area (Å²) in [6.07, 6.45) is 5.50. The Labute approximate surface area is 121 Å². The Morgan fingerprint density at radius 2 is 2.10 bits per heavy atom. The van der Waals surface area contributed by atoms with E-state index in [1.165, 1.54) is 30.6 Å². The van der Waals surface area contributed by atoms with Gasteiger partial charge in [-0.15, -0.1) is 0 Å². The number of hydrogen-bond acceptors (Lipinski definition) is 4. The van der Waals surface area contributed by atoms with E-state index in [1.54, 1.807) is 18.0 Å². The average Bonchev–Trinajstić information content (AvgIpc) is 2.45. The van der Waals surface area contributed by atoms with Crippen molar-refractivity contribution in [3.63, 3.8) is 0 Å². The molecule has 1 aromatic carbocycles. The van der Waals surface area contributed by atoms with Crippen molar-refractivity contribution in [2.75, 3.05) is 11.9 Å². The van der Waals surface area contributed by atoms with Crippen molar-refractivity contribution >= 4 is 18.0 Å². The molecule has 0 aliphatic heterocycles. The molecule has 0 unspecified atom stereocenters. The number of nitrogens with zero attached hydrogens (tertiary/aromatic N) is 3. The first kappa shape index (κ1) is 14.6. The molecule has 1 heterocycles. The number of benzene rings is 1. The van der Waals surface area contributed by atoms with Gasteiger partial charge in [0, 0.05) is 37.6 Å². The number of anilines is 1. The first-order valence-electron chi connectivity index (χ1n) is 6.23. The van der Waals surface area contributed by atoms with Crippen LogP contribution in [0.15, 0.2) is 42.7 Å². The monoisotopic (exact) mass is 287 g/mol. The van der Waals surface area contributed by atoms with Gasteiger partial charge >= 0.3 is 5.97 Å². The fraction of sp³-hybridized carbons (Fsp3) is 0.133. The highest BCUT2D eigenvalue weighted by Crippen LogP contribution is 2.11. The van der Waals surface area contributed by atoms with Crippen LogP contribution in [0.5, 0.6) is 0 Å². The summed E-state index contributed by atoms with van der Waals surface area (Å²) >= 11 is 0. The molecule has 0 spiro atoms. The van der Waals surface area contributed by atoms with E-state index in [1.807, 2.05) is 6.07 Å². The van der Waals surface area contributed by atoms with Crippen LogP contribution in [0.1, 0.15) is 11.1 Å². The molecule has 6 heteroatoms. The van der Waals surface area contributed by atoms with Gasteiger partial charge in [-0.2, -0.15) is 0 Å². The summed E-state index contributed by atoms with van der Waals surface area (Å²) in [7, 11) is 1.80. The zero-order valence-electron chi connectivity index (χ0n) is 11.4. The molecule has 0 saturated carbocycles. The summed E-state index contributed by atoms with van der Waals surface area (Å²) in [6, 6.07) is 6.33. The van der Waals surface area contributed by atoms with Crippen LogP contribution in [-0.2, 0) is 11.3 Å². The average molecular weight is 287 g/mol. The summed E-state index contributed by atoms with van der Waals surface area (Å²) in [6.45, 7) is 0.474. The van der Waals surface area contributed by atoms with Crippen molar-refractivity contribution in [3.05, 3.63) is 59.7 Å². The van der Waals surface area contributed by atoms with E-state index in [0.29, 0.717) is 18.1 Å². The minimum atomic E-state index is -1.03. The van der Waals surface area contributed by atoms with Crippen LogP contribution in [-0.4, -0.2) is 28.1 Å². The lowest BCUT2D eigenvalue weighted by atomic mass is 10.2. The topological polar surface area (TPSA) is 66.3 Å². The van der Waals surface area contributed by atoms with Crippen LogP contribution in [0.25, 0.3) is 6.08 Å². The number of carboxylic acids is 1. The lowest BCUT2D eigenvalue weighted by Gasteiger charge is -2.16. The van der Waals surface area contributed by atoms with Gasteiger partial charge < -0.3 is 10.0 Å². The number of halogens is 1. The van der Waals surface area contributed by atoms with E-state index >= 15 is 0 Å². The summed E-state index contributed by atoms with van der Waals surface area (Å²) in [5.41, 5.74) is 1.41. The number of aromatic nitrogens is 2. The molecule has 1 aromatic heterocycles. The Kier molecular flexibility index (Phi) is 4.61. The van der Waals surface area contributed by atoms with Crippen molar-refractivity contribution in [3.8, 4) is 0 Å². The summed E-state index contributed by atoms with van der Waals surface area (Å²) in [4.78, 5) is 20.5. The lowest BCUT2D eigenvalue weighted by Crippen LogP contribution is -2.19. The number of hydrogen-bond donors (Lipinski definition) is 1. The van der Waals surface area contributed by atoms with Crippen molar-refractivity contribution in [1.29, 1.82) is 0 Å². The number of rotatable bonds is 5. The molecule has 1 N–H and O–H groups in total. The van der Waals surface area contributed by atoms with Crippen molar-refractivity contribution in [2.45, 2.75) is 6.54 Å². The highest BCUT2D eigenvalue weighted by atomic mass is 19.1. The zero-order valence-corrected chi connectivity index (χ0v) is 11.4. The van der Waals surface area contributed by atoms with Crippen molar-refractivity contribution < 1.29 is 14.3 Å². The van der Waals surface area contributed by atoms with E-state index in [-0.39, 0.29) is 5.82 Å². The lowest BCUT2D eigenvalue weighted by molar-refractivity contribution is -0.131. The van der Waals surface area contributed by atoms with Gasteiger partial charge in [0.25, 0.3) is 0 Å². The molecule has 21 heavy (non-hydrogen) atoms. The second-order valence-electron chi connectivity index (χ2n) is 4.47. The van der Waals surface area contributed by atoms with Gasteiger partial charge in [0.2, 0.25) is 5.95 Å². The number of carboxylic acid groups (broad SMARTS) is 1. The van der Waals surface area contributed by atoms with Gasteiger partial charge in [-0.3, -0.25) is 0 Å². The quantitative estimate of drug-likeness (QED) is 0.855. The van der Waals surface area contributed by atoms with E-state index in [9.17, 15) is 9.18 Å². The largest absolute Gasteiger partial charge is 0.478 e. The molecule has 0 atom stereocenters. The van der Waals surface area contributed by atoms with Crippen LogP contribution in [0.4, 0.5) is 10.3 Å². The third kappa shape index (κ3) is 4.38. The van der Waals surface area contributed by atoms with Crippen LogP contribution >= 0.6 is 0 Å². The van der Waals surface area contributed by atoms with Crippen molar-refractivity contribution in [2.24, 2.45) is 0 Å². The third-order valence-corrected chi connectivity index (χ3v) is 2.73. The minimum Gasteiger partial charge on any atom is -0.478 e. The number of aliphatic carboxylic acids is 1. The van der Waals surface area contributed by atoms with Gasteiger partial charge in [0.05, 0.1) is 0 Å². The fourth-order valence-corrected chi connectivity index (χ4v) is 1.76. The van der Waals surface area contributed by atoms with E-state index < -0.39 is 5.97 Å². The Hall–Kier alpha value is -2.76. The van der Waals surface area contributed by atoms with E-state index in [0.717, 1.165) is 11.6 Å². The first-order valence-corrected chi connectivity index (χ1v) is 6.23. The second kappa shape index (κ2) is 6.60. The summed E-state index contributed by atoms with van der Waals surface area (Å²) < 4.78 is 13.1. The predicted molar refractivity (Wildman–Crippen MR) is 77.2 cm³/mol. The molecule has 2 aromatic rings. The van der Waals surface area contributed by atoms with Crippen LogP contribution in [0.3, 0.4) is 0 Å². The molecule has 2 rings (SSSR count). The summed E-state index contributed by atoms with van der Waals surface area (Å²) in [5.74, 6) is -0.829. The maximum Gasteiger partial charge on any atom is 0.328 e. The molecule has 0 amide bonds. The summed E-state index contributed by atoms with van der Waals surface area (Å²) in [5, 5.41) is 8.54. The Morgan fingerprint density at radius 1 is 1.38 bits per heavy atom. The molecule has 0 radical (unpaired) electrons. The van der Waals surface area contributed by atoms with Crippen LogP contribution < -0.4 is 4.90 Å². The Balaban J connectivity index is 2.06. The zero-order chi connectivity index (χ0) is 15.2. The molecule has 0 fully saturated rings. The minimum absolute atomic E-state index is 0.282. The highest BCUT2D eigenvalue weighted by molar-refractivity contribution is 5.85. The van der Waals surface area contributed by atoms with E-state index in [2.05, 4.69) is 9.97 Å². The van der Waals surface area contributed by atoms with E-state index in [4.69, 9.17) is 5.11 Å². The normalized spacial score (nSPS) is 10.8. The first-order chi connectivity index (χ1) is 10.0. The molecule has 0 bridgehead atoms. The smallest absolute Gasteiger partial charge is 0.328 e. The van der Waals surface area contributed by atoms with Gasteiger partial charge in [0.15, 0.2) is 0 Å². The van der Waals surface area contributed by atoms with Gasteiger partial charge in [-0.1, -0.05) is 12.1 Å². The van der Waals surface area contributed by atoms with Gasteiger partial charge in [-0.05, 0) is 23.8 Å². The molecule has 0 aliphatic carbocycles. The molecular weight excluding hydrogens is 273 g/mol. The Morgan fingerprint density at radius 3 is 2.71 bits per heavy atom. The van der Waals surface area contributed by atoms with Crippen molar-refractivity contribution in [1.82, 2.24) is 9.97 Å². The predicted octanol–water partition coefficient (Wildman–Crippen LogP) is 2.35. The standard InChI is InChI=1S/C15H14FN3O2/c1-19(10-11-3-2-4-13(16)7-11)15-17-8-12(9-18-15)5-6-14(20)21/h2-9H,10H2,1H3,(H,20,21)/b6-5+. The van der Waals surface area contributed by atoms with Gasteiger partial charge in [0.1, 0.15) is 5.82 Å². The maximum absolute atomic E-state index is 13.1. The molecule has 0 aliphatic rings.